The number of nitrogens with zero attached hydrogens (tertiary/aromatic N) is 2. The molecule has 0 aliphatic carbocycles. The highest BCUT2D eigenvalue weighted by Crippen LogP contribution is 2.28. The molecular weight excluding hydrogens is 348 g/mol. The highest BCUT2D eigenvalue weighted by Gasteiger charge is 2.24. The van der Waals surface area contributed by atoms with Crippen LogP contribution in [0.4, 0.5) is 5.69 Å². The lowest BCUT2D eigenvalue weighted by Gasteiger charge is -2.18. The van der Waals surface area contributed by atoms with Gasteiger partial charge in [0.25, 0.3) is 11.6 Å². The van der Waals surface area contributed by atoms with Crippen LogP contribution in [0.1, 0.15) is 27.9 Å². The van der Waals surface area contributed by atoms with Crippen molar-refractivity contribution in [3.8, 4) is 11.5 Å². The van der Waals surface area contributed by atoms with Crippen LogP contribution in [0, 0.1) is 17.0 Å². The summed E-state index contributed by atoms with van der Waals surface area (Å²) in [6.45, 7) is 2.12. The molecule has 2 aromatic rings. The molecule has 144 valence electrons. The van der Waals surface area contributed by atoms with Gasteiger partial charge in [-0.25, -0.2) is 0 Å². The first-order valence-corrected chi connectivity index (χ1v) is 8.59. The van der Waals surface area contributed by atoms with Crippen molar-refractivity contribution in [1.82, 2.24) is 4.90 Å². The summed E-state index contributed by atoms with van der Waals surface area (Å²) < 4.78 is 10.5. The summed E-state index contributed by atoms with van der Waals surface area (Å²) in [6.07, 6.45) is 1.46. The first-order valence-electron chi connectivity index (χ1n) is 8.59. The van der Waals surface area contributed by atoms with Crippen LogP contribution in [0.25, 0.3) is 0 Å². The van der Waals surface area contributed by atoms with E-state index >= 15 is 0 Å². The summed E-state index contributed by atoms with van der Waals surface area (Å²) in [5, 5.41) is 11.3. The highest BCUT2D eigenvalue weighted by atomic mass is 16.6. The molecule has 0 aliphatic rings. The molecule has 0 saturated carbocycles. The molecule has 0 aliphatic heterocycles. The van der Waals surface area contributed by atoms with Gasteiger partial charge in [0.1, 0.15) is 5.56 Å². The molecule has 0 aromatic heterocycles. The second-order valence-electron chi connectivity index (χ2n) is 6.25. The number of ether oxygens (including phenoxy) is 2. The minimum atomic E-state index is -0.500. The van der Waals surface area contributed by atoms with Crippen molar-refractivity contribution < 1.29 is 19.2 Å². The summed E-state index contributed by atoms with van der Waals surface area (Å²) in [4.78, 5) is 24.9. The van der Waals surface area contributed by atoms with Crippen LogP contribution in [0.3, 0.4) is 0 Å². The van der Waals surface area contributed by atoms with E-state index in [2.05, 4.69) is 0 Å². The molecule has 0 saturated heterocycles. The smallest absolute Gasteiger partial charge is 0.285 e. The Kier molecular flexibility index (Phi) is 6.76. The Balaban J connectivity index is 2.02. The molecular formula is C20H24N2O5. The van der Waals surface area contributed by atoms with E-state index in [0.29, 0.717) is 23.6 Å². The Labute approximate surface area is 158 Å². The van der Waals surface area contributed by atoms with Crippen LogP contribution in [-0.4, -0.2) is 43.5 Å². The van der Waals surface area contributed by atoms with Crippen LogP contribution in [0.15, 0.2) is 36.4 Å². The monoisotopic (exact) mass is 372 g/mol. The van der Waals surface area contributed by atoms with Crippen molar-refractivity contribution in [3.05, 3.63) is 63.2 Å². The summed E-state index contributed by atoms with van der Waals surface area (Å²) >= 11 is 0. The summed E-state index contributed by atoms with van der Waals surface area (Å²) in [5.74, 6) is 0.979. The number of benzene rings is 2. The minimum Gasteiger partial charge on any atom is -0.493 e. The molecule has 7 heteroatoms. The molecule has 0 radical (unpaired) electrons. The molecule has 2 rings (SSSR count). The fraction of sp³-hybridized carbons (Fsp3) is 0.350. The van der Waals surface area contributed by atoms with Gasteiger partial charge in [0, 0.05) is 19.2 Å². The lowest BCUT2D eigenvalue weighted by atomic mass is 10.1. The number of carbonyl (C=O) groups excluding carboxylic acids is 1. The number of nitro groups is 1. The Morgan fingerprint density at radius 3 is 2.48 bits per heavy atom. The minimum absolute atomic E-state index is 0.119. The molecule has 0 bridgehead atoms. The van der Waals surface area contributed by atoms with Crippen molar-refractivity contribution in [2.45, 2.75) is 19.8 Å². The Morgan fingerprint density at radius 1 is 1.15 bits per heavy atom. The maximum absolute atomic E-state index is 12.6. The zero-order valence-corrected chi connectivity index (χ0v) is 16.0. The molecule has 0 spiro atoms. The van der Waals surface area contributed by atoms with Gasteiger partial charge in [-0.05, 0) is 43.5 Å². The number of nitro benzene ring substituents is 1. The fourth-order valence-electron chi connectivity index (χ4n) is 2.94. The van der Waals surface area contributed by atoms with Gasteiger partial charge in [0.15, 0.2) is 11.5 Å². The Hall–Kier alpha value is -3.09. The van der Waals surface area contributed by atoms with Crippen molar-refractivity contribution in [2.75, 3.05) is 27.8 Å². The number of carbonyl (C=O) groups is 1. The summed E-state index contributed by atoms with van der Waals surface area (Å²) in [5.41, 5.74) is 1.53. The SMILES string of the molecule is COc1ccc(CCCN(C)C(=O)c2cccc(C)c2[N+](=O)[O-])cc1OC. The number of rotatable bonds is 8. The lowest BCUT2D eigenvalue weighted by Crippen LogP contribution is -2.28. The van der Waals surface area contributed by atoms with Crippen molar-refractivity contribution >= 4 is 11.6 Å². The third-order valence-corrected chi connectivity index (χ3v) is 4.40. The van der Waals surface area contributed by atoms with Crippen LogP contribution in [-0.2, 0) is 6.42 Å². The average Bonchev–Trinajstić information content (AvgIpc) is 2.66. The molecule has 27 heavy (non-hydrogen) atoms. The predicted molar refractivity (Wildman–Crippen MR) is 103 cm³/mol. The standard InChI is InChI=1S/C20H24N2O5/c1-14-7-5-9-16(19(14)22(24)25)20(23)21(2)12-6-8-15-10-11-17(26-3)18(13-15)27-4/h5,7,9-11,13H,6,8,12H2,1-4H3. The van der Waals surface area contributed by atoms with Gasteiger partial charge < -0.3 is 14.4 Å². The number of hydrogen-bond donors (Lipinski definition) is 0. The largest absolute Gasteiger partial charge is 0.493 e. The van der Waals surface area contributed by atoms with Gasteiger partial charge in [-0.3, -0.25) is 14.9 Å². The Bertz CT molecular complexity index is 835. The van der Waals surface area contributed by atoms with Gasteiger partial charge in [-0.1, -0.05) is 18.2 Å². The maximum Gasteiger partial charge on any atom is 0.285 e. The van der Waals surface area contributed by atoms with E-state index in [1.54, 1.807) is 40.3 Å². The first kappa shape index (κ1) is 20.2. The quantitative estimate of drug-likeness (QED) is 0.522. The normalized spacial score (nSPS) is 10.4. The van der Waals surface area contributed by atoms with Gasteiger partial charge in [-0.2, -0.15) is 0 Å². The third-order valence-electron chi connectivity index (χ3n) is 4.40. The van der Waals surface area contributed by atoms with E-state index in [0.717, 1.165) is 18.4 Å². The summed E-state index contributed by atoms with van der Waals surface area (Å²) in [7, 11) is 4.83. The van der Waals surface area contributed by atoms with E-state index in [9.17, 15) is 14.9 Å². The molecule has 0 atom stereocenters. The highest BCUT2D eigenvalue weighted by molar-refractivity contribution is 5.98. The molecule has 0 N–H and O–H groups in total. The second kappa shape index (κ2) is 9.02. The fourth-order valence-corrected chi connectivity index (χ4v) is 2.94. The maximum atomic E-state index is 12.6. The molecule has 2 aromatic carbocycles. The topological polar surface area (TPSA) is 81.9 Å². The van der Waals surface area contributed by atoms with Crippen LogP contribution in [0.5, 0.6) is 11.5 Å². The number of aryl methyl sites for hydroxylation is 2. The molecule has 0 heterocycles. The number of methoxy groups -OCH3 is 2. The third kappa shape index (κ3) is 4.75. The first-order chi connectivity index (χ1) is 12.9. The van der Waals surface area contributed by atoms with E-state index in [4.69, 9.17) is 9.47 Å². The van der Waals surface area contributed by atoms with Crippen LogP contribution in [0.2, 0.25) is 0 Å². The van der Waals surface area contributed by atoms with E-state index in [1.807, 2.05) is 18.2 Å². The van der Waals surface area contributed by atoms with Crippen molar-refractivity contribution in [1.29, 1.82) is 0 Å². The average molecular weight is 372 g/mol. The van der Waals surface area contributed by atoms with E-state index < -0.39 is 4.92 Å². The van der Waals surface area contributed by atoms with E-state index in [1.165, 1.54) is 11.0 Å². The zero-order chi connectivity index (χ0) is 20.0. The number of amides is 1. The molecule has 7 nitrogen and oxygen atoms in total. The van der Waals surface area contributed by atoms with Crippen molar-refractivity contribution in [3.63, 3.8) is 0 Å². The van der Waals surface area contributed by atoms with E-state index in [-0.39, 0.29) is 17.2 Å². The molecule has 1 amide bonds. The zero-order valence-electron chi connectivity index (χ0n) is 16.0. The molecule has 0 fully saturated rings. The summed E-state index contributed by atoms with van der Waals surface area (Å²) in [6, 6.07) is 10.5. The van der Waals surface area contributed by atoms with Crippen LogP contribution >= 0.6 is 0 Å². The lowest BCUT2D eigenvalue weighted by molar-refractivity contribution is -0.385. The number of hydrogen-bond acceptors (Lipinski definition) is 5. The van der Waals surface area contributed by atoms with Gasteiger partial charge >= 0.3 is 0 Å². The van der Waals surface area contributed by atoms with Gasteiger partial charge in [0.05, 0.1) is 19.1 Å². The van der Waals surface area contributed by atoms with Crippen molar-refractivity contribution in [2.24, 2.45) is 0 Å². The van der Waals surface area contributed by atoms with Crippen LogP contribution < -0.4 is 9.47 Å². The van der Waals surface area contributed by atoms with Gasteiger partial charge in [0.2, 0.25) is 0 Å². The number of para-hydroxylation sites is 1. The van der Waals surface area contributed by atoms with Gasteiger partial charge in [-0.15, -0.1) is 0 Å². The second-order valence-corrected chi connectivity index (χ2v) is 6.25. The molecule has 0 unspecified atom stereocenters. The predicted octanol–water partition coefficient (Wildman–Crippen LogP) is 3.63. The Morgan fingerprint density at radius 2 is 1.85 bits per heavy atom.